The summed E-state index contributed by atoms with van der Waals surface area (Å²) in [5.74, 6) is 0. The van der Waals surface area contributed by atoms with Crippen molar-refractivity contribution < 1.29 is 0 Å². The summed E-state index contributed by atoms with van der Waals surface area (Å²) in [6.45, 7) is 0. The summed E-state index contributed by atoms with van der Waals surface area (Å²) in [7, 11) is 0. The van der Waals surface area contributed by atoms with Gasteiger partial charge in [-0.05, 0) is 24.3 Å². The number of hydrogen-bond acceptors (Lipinski definition) is 0. The highest BCUT2D eigenvalue weighted by atomic mass is 35.5. The van der Waals surface area contributed by atoms with Crippen molar-refractivity contribution in [3.8, 4) is 5.69 Å². The minimum Gasteiger partial charge on any atom is -0.308 e. The molecule has 0 bridgehead atoms. The summed E-state index contributed by atoms with van der Waals surface area (Å²) in [4.78, 5) is 0. The summed E-state index contributed by atoms with van der Waals surface area (Å²) in [5, 5.41) is 3.27. The van der Waals surface area contributed by atoms with Gasteiger partial charge < -0.3 is 4.57 Å². The van der Waals surface area contributed by atoms with E-state index in [0.717, 1.165) is 10.7 Å². The molecule has 0 spiro atoms. The lowest BCUT2D eigenvalue weighted by Gasteiger charge is -2.09. The van der Waals surface area contributed by atoms with Crippen molar-refractivity contribution in [1.82, 2.24) is 4.57 Å². The average molecular weight is 278 g/mol. The van der Waals surface area contributed by atoms with E-state index in [4.69, 9.17) is 11.6 Å². The van der Waals surface area contributed by atoms with Crippen LogP contribution in [0.5, 0.6) is 0 Å². The summed E-state index contributed by atoms with van der Waals surface area (Å²) in [6.07, 6.45) is 0. The maximum Gasteiger partial charge on any atom is 0.0648 e. The van der Waals surface area contributed by atoms with Crippen molar-refractivity contribution in [2.24, 2.45) is 0 Å². The van der Waals surface area contributed by atoms with Crippen molar-refractivity contribution in [3.05, 3.63) is 77.8 Å². The molecule has 0 N–H and O–H groups in total. The van der Waals surface area contributed by atoms with Gasteiger partial charge in [0.05, 0.1) is 21.7 Å². The Kier molecular flexibility index (Phi) is 2.54. The SMILES string of the molecule is Clc1ccccc1-n1c2ccccc2c2ccccc21. The highest BCUT2D eigenvalue weighted by Crippen LogP contribution is 2.33. The Labute approximate surface area is 122 Å². The molecule has 0 radical (unpaired) electrons. The van der Waals surface area contributed by atoms with E-state index >= 15 is 0 Å². The number of para-hydroxylation sites is 3. The van der Waals surface area contributed by atoms with Gasteiger partial charge in [0, 0.05) is 10.8 Å². The largest absolute Gasteiger partial charge is 0.308 e. The number of benzene rings is 3. The molecule has 0 aliphatic carbocycles. The second-order valence-electron chi connectivity index (χ2n) is 4.82. The fraction of sp³-hybridized carbons (Fsp3) is 0. The smallest absolute Gasteiger partial charge is 0.0648 e. The third-order valence-electron chi connectivity index (χ3n) is 3.67. The third kappa shape index (κ3) is 1.57. The molecule has 0 aliphatic heterocycles. The van der Waals surface area contributed by atoms with Gasteiger partial charge >= 0.3 is 0 Å². The van der Waals surface area contributed by atoms with E-state index in [9.17, 15) is 0 Å². The van der Waals surface area contributed by atoms with Crippen molar-refractivity contribution in [2.45, 2.75) is 0 Å². The lowest BCUT2D eigenvalue weighted by molar-refractivity contribution is 1.18. The zero-order valence-corrected chi connectivity index (χ0v) is 11.5. The molecule has 4 rings (SSSR count). The molecule has 0 saturated heterocycles. The first-order valence-electron chi connectivity index (χ1n) is 6.59. The first-order chi connectivity index (χ1) is 9.86. The quantitative estimate of drug-likeness (QED) is 0.437. The normalized spacial score (nSPS) is 11.2. The number of halogens is 1. The number of nitrogens with zero attached hydrogens (tertiary/aromatic N) is 1. The van der Waals surface area contributed by atoms with E-state index in [0.29, 0.717) is 0 Å². The van der Waals surface area contributed by atoms with Gasteiger partial charge in [-0.15, -0.1) is 0 Å². The van der Waals surface area contributed by atoms with Crippen LogP contribution in [0.25, 0.3) is 27.5 Å². The lowest BCUT2D eigenvalue weighted by Crippen LogP contribution is -1.94. The van der Waals surface area contributed by atoms with Crippen LogP contribution >= 0.6 is 11.6 Å². The van der Waals surface area contributed by atoms with Gasteiger partial charge in [-0.2, -0.15) is 0 Å². The van der Waals surface area contributed by atoms with Crippen LogP contribution in [-0.2, 0) is 0 Å². The Bertz CT molecular complexity index is 868. The summed E-state index contributed by atoms with van der Waals surface area (Å²) < 4.78 is 2.23. The van der Waals surface area contributed by atoms with E-state index < -0.39 is 0 Å². The number of hydrogen-bond donors (Lipinski definition) is 0. The van der Waals surface area contributed by atoms with Crippen LogP contribution < -0.4 is 0 Å². The molecule has 4 aromatic rings. The van der Waals surface area contributed by atoms with Gasteiger partial charge in [0.2, 0.25) is 0 Å². The minimum atomic E-state index is 0.763. The van der Waals surface area contributed by atoms with Crippen molar-refractivity contribution >= 4 is 33.4 Å². The Balaban J connectivity index is 2.24. The summed E-state index contributed by atoms with van der Waals surface area (Å²) in [6, 6.07) is 24.8. The van der Waals surface area contributed by atoms with Crippen LogP contribution in [0.2, 0.25) is 5.02 Å². The molecule has 0 atom stereocenters. The zero-order valence-electron chi connectivity index (χ0n) is 10.8. The molecular formula is C18H12ClN. The molecule has 0 saturated carbocycles. The van der Waals surface area contributed by atoms with E-state index in [1.54, 1.807) is 0 Å². The predicted octanol–water partition coefficient (Wildman–Crippen LogP) is 5.44. The molecule has 3 aromatic carbocycles. The van der Waals surface area contributed by atoms with Gasteiger partial charge in [-0.25, -0.2) is 0 Å². The Hall–Kier alpha value is -2.25. The minimum absolute atomic E-state index is 0.763. The van der Waals surface area contributed by atoms with Crippen molar-refractivity contribution in [3.63, 3.8) is 0 Å². The molecule has 96 valence electrons. The molecule has 1 heterocycles. The van der Waals surface area contributed by atoms with Gasteiger partial charge in [-0.1, -0.05) is 60.1 Å². The molecule has 0 unspecified atom stereocenters. The number of rotatable bonds is 1. The van der Waals surface area contributed by atoms with Crippen LogP contribution in [-0.4, -0.2) is 4.57 Å². The maximum absolute atomic E-state index is 6.40. The Morgan fingerprint density at radius 3 is 1.70 bits per heavy atom. The lowest BCUT2D eigenvalue weighted by atomic mass is 10.2. The Morgan fingerprint density at radius 1 is 0.600 bits per heavy atom. The maximum atomic E-state index is 6.40. The van der Waals surface area contributed by atoms with Crippen molar-refractivity contribution in [1.29, 1.82) is 0 Å². The molecule has 20 heavy (non-hydrogen) atoms. The first kappa shape index (κ1) is 11.6. The Morgan fingerprint density at radius 2 is 1.10 bits per heavy atom. The van der Waals surface area contributed by atoms with E-state index in [1.165, 1.54) is 21.8 Å². The molecule has 0 amide bonds. The summed E-state index contributed by atoms with van der Waals surface area (Å²) >= 11 is 6.40. The molecule has 0 aliphatic rings. The highest BCUT2D eigenvalue weighted by molar-refractivity contribution is 6.32. The fourth-order valence-corrected chi connectivity index (χ4v) is 3.04. The van der Waals surface area contributed by atoms with Gasteiger partial charge in [0.25, 0.3) is 0 Å². The molecule has 1 nitrogen and oxygen atoms in total. The molecular weight excluding hydrogens is 266 g/mol. The van der Waals surface area contributed by atoms with Crippen LogP contribution in [0, 0.1) is 0 Å². The molecule has 0 fully saturated rings. The van der Waals surface area contributed by atoms with Crippen LogP contribution in [0.3, 0.4) is 0 Å². The van der Waals surface area contributed by atoms with Crippen molar-refractivity contribution in [2.75, 3.05) is 0 Å². The average Bonchev–Trinajstić information content (AvgIpc) is 2.83. The number of aromatic nitrogens is 1. The van der Waals surface area contributed by atoms with Crippen LogP contribution in [0.4, 0.5) is 0 Å². The van der Waals surface area contributed by atoms with Gasteiger partial charge in [-0.3, -0.25) is 0 Å². The topological polar surface area (TPSA) is 4.93 Å². The number of fused-ring (bicyclic) bond motifs is 3. The molecule has 1 aromatic heterocycles. The second kappa shape index (κ2) is 4.39. The van der Waals surface area contributed by atoms with Gasteiger partial charge in [0.15, 0.2) is 0 Å². The van der Waals surface area contributed by atoms with Crippen LogP contribution in [0.15, 0.2) is 72.8 Å². The predicted molar refractivity (Wildman–Crippen MR) is 85.8 cm³/mol. The summed E-state index contributed by atoms with van der Waals surface area (Å²) in [5.41, 5.74) is 3.38. The van der Waals surface area contributed by atoms with Gasteiger partial charge in [0.1, 0.15) is 0 Å². The zero-order chi connectivity index (χ0) is 13.5. The first-order valence-corrected chi connectivity index (χ1v) is 6.97. The molecule has 2 heteroatoms. The van der Waals surface area contributed by atoms with E-state index in [1.807, 2.05) is 18.2 Å². The fourth-order valence-electron chi connectivity index (χ4n) is 2.82. The standard InChI is InChI=1S/C18H12ClN/c19-15-9-3-6-12-18(15)20-16-10-4-1-7-13(16)14-8-2-5-11-17(14)20/h1-12H. The van der Waals surface area contributed by atoms with Crippen LogP contribution in [0.1, 0.15) is 0 Å². The monoisotopic (exact) mass is 277 g/mol. The highest BCUT2D eigenvalue weighted by Gasteiger charge is 2.12. The second-order valence-corrected chi connectivity index (χ2v) is 5.23. The third-order valence-corrected chi connectivity index (χ3v) is 3.99. The van der Waals surface area contributed by atoms with E-state index in [-0.39, 0.29) is 0 Å². The van der Waals surface area contributed by atoms with E-state index in [2.05, 4.69) is 59.2 Å².